The van der Waals surface area contributed by atoms with Crippen LogP contribution >= 0.6 is 0 Å². The van der Waals surface area contributed by atoms with Gasteiger partial charge in [-0.15, -0.1) is 0 Å². The third kappa shape index (κ3) is 3.54. The lowest BCUT2D eigenvalue weighted by molar-refractivity contribution is -0.114. The number of pyridine rings is 1. The summed E-state index contributed by atoms with van der Waals surface area (Å²) in [5.41, 5.74) is 6.84. The first-order chi connectivity index (χ1) is 17.0. The predicted octanol–water partition coefficient (Wildman–Crippen LogP) is 3.97. The molecule has 2 aliphatic heterocycles. The number of nitrogens with one attached hydrogen (secondary N) is 1. The summed E-state index contributed by atoms with van der Waals surface area (Å²) in [5.74, 6) is 0.798. The molecule has 1 aromatic carbocycles. The van der Waals surface area contributed by atoms with Crippen molar-refractivity contribution in [3.8, 4) is 17.3 Å². The fraction of sp³-hybridized carbons (Fsp3) is 0.444. The quantitative estimate of drug-likeness (QED) is 0.458. The van der Waals surface area contributed by atoms with Crippen molar-refractivity contribution in [2.45, 2.75) is 50.7 Å². The van der Waals surface area contributed by atoms with Crippen molar-refractivity contribution in [2.75, 3.05) is 26.3 Å². The van der Waals surface area contributed by atoms with E-state index < -0.39 is 5.54 Å². The first-order valence-electron chi connectivity index (χ1n) is 12.4. The number of ether oxygens (including phenoxy) is 1. The lowest BCUT2D eigenvalue weighted by atomic mass is 9.85. The number of H-pyrrole nitrogens is 1. The Hall–Kier alpha value is -3.25. The van der Waals surface area contributed by atoms with Crippen LogP contribution in [-0.2, 0) is 11.3 Å². The molecule has 0 radical (unpaired) electrons. The Morgan fingerprint density at radius 3 is 2.71 bits per heavy atom. The van der Waals surface area contributed by atoms with E-state index in [9.17, 15) is 10.4 Å². The molecule has 2 saturated heterocycles. The number of nitrogens with zero attached hydrogens (tertiary/aromatic N) is 5. The molecule has 6 rings (SSSR count). The highest BCUT2D eigenvalue weighted by molar-refractivity contribution is 5.92. The molecule has 2 fully saturated rings. The number of nitriles is 1. The van der Waals surface area contributed by atoms with E-state index >= 15 is 0 Å². The maximum atomic E-state index is 9.91. The van der Waals surface area contributed by atoms with Gasteiger partial charge in [0.15, 0.2) is 11.2 Å². The molecule has 3 aromatic heterocycles. The molecule has 2 aliphatic rings. The molecule has 5 heterocycles. The minimum absolute atomic E-state index is 0.0880. The van der Waals surface area contributed by atoms with Crippen molar-refractivity contribution in [1.29, 1.82) is 5.26 Å². The highest BCUT2D eigenvalue weighted by Gasteiger charge is 2.45. The Labute approximate surface area is 204 Å². The maximum Gasteiger partial charge on any atom is 0.160 e. The summed E-state index contributed by atoms with van der Waals surface area (Å²) >= 11 is 0. The summed E-state index contributed by atoms with van der Waals surface area (Å²) in [5, 5.41) is 25.1. The lowest BCUT2D eigenvalue weighted by Gasteiger charge is -2.47. The average molecular weight is 471 g/mol. The number of aromatic amines is 1. The monoisotopic (exact) mass is 470 g/mol. The minimum atomic E-state index is -0.409. The Kier molecular flexibility index (Phi) is 5.37. The van der Waals surface area contributed by atoms with Crippen LogP contribution in [0.2, 0.25) is 0 Å². The minimum Gasteiger partial charge on any atom is -0.392 e. The number of fused-ring (bicyclic) bond motifs is 2. The maximum absolute atomic E-state index is 9.91. The van der Waals surface area contributed by atoms with E-state index in [-0.39, 0.29) is 6.61 Å². The first-order valence-corrected chi connectivity index (χ1v) is 12.4. The van der Waals surface area contributed by atoms with Crippen LogP contribution in [0.4, 0.5) is 0 Å². The smallest absolute Gasteiger partial charge is 0.160 e. The molecule has 0 atom stereocenters. The lowest BCUT2D eigenvalue weighted by Crippen LogP contribution is -2.62. The fourth-order valence-electron chi connectivity index (χ4n) is 5.81. The van der Waals surface area contributed by atoms with Crippen LogP contribution in [0.1, 0.15) is 55.2 Å². The van der Waals surface area contributed by atoms with Crippen LogP contribution in [0.25, 0.3) is 27.8 Å². The van der Waals surface area contributed by atoms with Gasteiger partial charge in [-0.1, -0.05) is 19.9 Å². The standard InChI is InChI=1S/C27H30N6O2/c1-17(2)24-22-10-19(18-5-7-32(8-6-18)27(13-28)14-35-15-27)3-4-23(22)31-25(24)20-9-21(12-34)26-29-16-30-33(26)11-20/h3-4,9-11,16-18,31,34H,5-8,12,14-15H2,1-2H3. The SMILES string of the molecule is CC(C)c1c(-c2cc(CO)c3ncnn3c2)[nH]c2ccc(C3CCN(C4(C#N)COC4)CC3)cc12. The van der Waals surface area contributed by atoms with Crippen molar-refractivity contribution < 1.29 is 9.84 Å². The molecule has 0 saturated carbocycles. The van der Waals surface area contributed by atoms with E-state index in [0.29, 0.717) is 30.7 Å². The van der Waals surface area contributed by atoms with Gasteiger partial charge in [0.05, 0.1) is 31.6 Å². The van der Waals surface area contributed by atoms with Crippen molar-refractivity contribution >= 4 is 16.6 Å². The molecule has 4 aromatic rings. The molecule has 0 aliphatic carbocycles. The Balaban J connectivity index is 1.35. The van der Waals surface area contributed by atoms with Gasteiger partial charge in [-0.3, -0.25) is 4.90 Å². The molecule has 0 amide bonds. The van der Waals surface area contributed by atoms with Gasteiger partial charge in [-0.25, -0.2) is 9.50 Å². The zero-order valence-corrected chi connectivity index (χ0v) is 20.2. The number of aliphatic hydroxyl groups is 1. The number of hydrogen-bond acceptors (Lipinski definition) is 6. The summed E-state index contributed by atoms with van der Waals surface area (Å²) in [6, 6.07) is 11.3. The van der Waals surface area contributed by atoms with Gasteiger partial charge in [0.1, 0.15) is 6.33 Å². The predicted molar refractivity (Wildman–Crippen MR) is 133 cm³/mol. The number of aromatic nitrogens is 4. The molecule has 35 heavy (non-hydrogen) atoms. The number of rotatable bonds is 5. The number of benzene rings is 1. The molecule has 0 unspecified atom stereocenters. The Morgan fingerprint density at radius 2 is 2.06 bits per heavy atom. The van der Waals surface area contributed by atoms with Gasteiger partial charge in [0.2, 0.25) is 0 Å². The van der Waals surface area contributed by atoms with Gasteiger partial charge in [-0.2, -0.15) is 10.4 Å². The van der Waals surface area contributed by atoms with E-state index in [4.69, 9.17) is 4.74 Å². The normalized spacial score (nSPS) is 18.8. The van der Waals surface area contributed by atoms with Crippen LogP contribution in [0.3, 0.4) is 0 Å². The van der Waals surface area contributed by atoms with Crippen molar-refractivity contribution in [3.63, 3.8) is 0 Å². The number of likely N-dealkylation sites (tertiary alicyclic amines) is 1. The molecule has 2 N–H and O–H groups in total. The fourth-order valence-corrected chi connectivity index (χ4v) is 5.81. The summed E-state index contributed by atoms with van der Waals surface area (Å²) in [6.07, 6.45) is 5.59. The Bertz CT molecular complexity index is 1430. The molecule has 8 heteroatoms. The second-order valence-electron chi connectivity index (χ2n) is 10.2. The van der Waals surface area contributed by atoms with E-state index in [1.165, 1.54) is 22.8 Å². The zero-order valence-electron chi connectivity index (χ0n) is 20.2. The highest BCUT2D eigenvalue weighted by Crippen LogP contribution is 2.39. The number of aliphatic hydroxyl groups excluding tert-OH is 1. The molecular weight excluding hydrogens is 440 g/mol. The first kappa shape index (κ1) is 22.2. The van der Waals surface area contributed by atoms with E-state index in [2.05, 4.69) is 58.1 Å². The van der Waals surface area contributed by atoms with Crippen molar-refractivity contribution in [3.05, 3.63) is 53.5 Å². The highest BCUT2D eigenvalue weighted by atomic mass is 16.5. The molecule has 8 nitrogen and oxygen atoms in total. The molecule has 0 bridgehead atoms. The second-order valence-corrected chi connectivity index (χ2v) is 10.2. The van der Waals surface area contributed by atoms with Crippen LogP contribution in [-0.4, -0.2) is 61.4 Å². The van der Waals surface area contributed by atoms with E-state index in [1.807, 2.05) is 12.3 Å². The van der Waals surface area contributed by atoms with Gasteiger partial charge in [-0.05, 0) is 54.0 Å². The topological polar surface area (TPSA) is 102 Å². The van der Waals surface area contributed by atoms with Gasteiger partial charge < -0.3 is 14.8 Å². The van der Waals surface area contributed by atoms with Gasteiger partial charge >= 0.3 is 0 Å². The Morgan fingerprint density at radius 1 is 1.26 bits per heavy atom. The number of hydrogen-bond donors (Lipinski definition) is 2. The average Bonchev–Trinajstić information content (AvgIpc) is 3.47. The van der Waals surface area contributed by atoms with Gasteiger partial charge in [0.25, 0.3) is 0 Å². The third-order valence-electron chi connectivity index (χ3n) is 7.81. The van der Waals surface area contributed by atoms with E-state index in [0.717, 1.165) is 48.3 Å². The summed E-state index contributed by atoms with van der Waals surface area (Å²) in [4.78, 5) is 10.2. The second kappa shape index (κ2) is 8.45. The van der Waals surface area contributed by atoms with Crippen LogP contribution in [0.15, 0.2) is 36.8 Å². The molecule has 0 spiro atoms. The number of piperidine rings is 1. The third-order valence-corrected chi connectivity index (χ3v) is 7.81. The molecular formula is C27H30N6O2. The largest absolute Gasteiger partial charge is 0.392 e. The van der Waals surface area contributed by atoms with Crippen molar-refractivity contribution in [1.82, 2.24) is 24.5 Å². The van der Waals surface area contributed by atoms with Crippen molar-refractivity contribution in [2.24, 2.45) is 0 Å². The van der Waals surface area contributed by atoms with E-state index in [1.54, 1.807) is 4.52 Å². The zero-order chi connectivity index (χ0) is 24.2. The van der Waals surface area contributed by atoms with Crippen LogP contribution < -0.4 is 0 Å². The van der Waals surface area contributed by atoms with Crippen LogP contribution in [0.5, 0.6) is 0 Å². The molecule has 180 valence electrons. The summed E-state index contributed by atoms with van der Waals surface area (Å²) in [6.45, 7) is 7.27. The van der Waals surface area contributed by atoms with Gasteiger partial charge in [0, 0.05) is 41.3 Å². The summed E-state index contributed by atoms with van der Waals surface area (Å²) in [7, 11) is 0. The van der Waals surface area contributed by atoms with Crippen LogP contribution in [0, 0.1) is 11.3 Å². The summed E-state index contributed by atoms with van der Waals surface area (Å²) < 4.78 is 7.09.